The zero-order valence-electron chi connectivity index (χ0n) is 19.8. The number of anilines is 1. The lowest BCUT2D eigenvalue weighted by Gasteiger charge is -2.31. The predicted molar refractivity (Wildman–Crippen MR) is 138 cm³/mol. The van der Waals surface area contributed by atoms with Crippen molar-refractivity contribution in [2.75, 3.05) is 30.2 Å². The maximum Gasteiger partial charge on any atom is 0.244 e. The Balaban J connectivity index is 2.32. The number of hydrogen-bond donors (Lipinski definition) is 1. The monoisotopic (exact) mass is 527 g/mol. The first-order chi connectivity index (χ1) is 15.9. The van der Waals surface area contributed by atoms with Gasteiger partial charge in [-0.3, -0.25) is 13.9 Å². The Morgan fingerprint density at radius 2 is 1.59 bits per heavy atom. The van der Waals surface area contributed by atoms with Crippen LogP contribution >= 0.6 is 23.2 Å². The number of nitrogens with zero attached hydrogens (tertiary/aromatic N) is 2. The first kappa shape index (κ1) is 28.0. The van der Waals surface area contributed by atoms with Gasteiger partial charge in [0, 0.05) is 23.1 Å². The molecule has 0 bridgehead atoms. The van der Waals surface area contributed by atoms with Crippen LogP contribution in [-0.4, -0.2) is 57.1 Å². The molecule has 0 spiro atoms. The third-order valence-corrected chi connectivity index (χ3v) is 6.73. The predicted octanol–water partition coefficient (Wildman–Crippen LogP) is 3.99. The van der Waals surface area contributed by atoms with Gasteiger partial charge in [-0.25, -0.2) is 8.42 Å². The zero-order valence-corrected chi connectivity index (χ0v) is 22.1. The summed E-state index contributed by atoms with van der Waals surface area (Å²) in [5.41, 5.74) is 1.17. The molecular weight excluding hydrogens is 497 g/mol. The van der Waals surface area contributed by atoms with Crippen molar-refractivity contribution in [1.29, 1.82) is 0 Å². The smallest absolute Gasteiger partial charge is 0.244 e. The molecule has 0 saturated carbocycles. The molecule has 1 N–H and O–H groups in total. The molecule has 0 aliphatic heterocycles. The molecule has 2 aromatic rings. The number of amides is 2. The molecule has 0 aliphatic rings. The summed E-state index contributed by atoms with van der Waals surface area (Å²) in [7, 11) is -3.85. The van der Waals surface area contributed by atoms with Crippen LogP contribution in [0.1, 0.15) is 26.3 Å². The molecule has 10 heteroatoms. The van der Waals surface area contributed by atoms with Crippen molar-refractivity contribution in [3.8, 4) is 0 Å². The highest BCUT2D eigenvalue weighted by atomic mass is 35.5. The Morgan fingerprint density at radius 3 is 2.12 bits per heavy atom. The number of halogens is 2. The Kier molecular flexibility index (Phi) is 10.2. The van der Waals surface area contributed by atoms with Gasteiger partial charge in [0.05, 0.1) is 11.9 Å². The second kappa shape index (κ2) is 12.4. The Hall–Kier alpha value is -2.29. The number of hydrogen-bond acceptors (Lipinski definition) is 4. The van der Waals surface area contributed by atoms with Gasteiger partial charge in [-0.1, -0.05) is 67.4 Å². The molecule has 0 saturated heterocycles. The highest BCUT2D eigenvalue weighted by molar-refractivity contribution is 7.92. The minimum atomic E-state index is -3.85. The number of rotatable bonds is 11. The molecule has 7 nitrogen and oxygen atoms in total. The Morgan fingerprint density at radius 1 is 1.00 bits per heavy atom. The first-order valence-electron chi connectivity index (χ1n) is 10.9. The van der Waals surface area contributed by atoms with Gasteiger partial charge in [-0.15, -0.1) is 0 Å². The van der Waals surface area contributed by atoms with E-state index in [1.165, 1.54) is 23.1 Å². The van der Waals surface area contributed by atoms with Crippen molar-refractivity contribution in [2.45, 2.75) is 33.2 Å². The molecule has 0 heterocycles. The molecule has 2 rings (SSSR count). The van der Waals surface area contributed by atoms with Crippen LogP contribution in [0.25, 0.3) is 0 Å². The fourth-order valence-electron chi connectivity index (χ4n) is 3.32. The second-order valence-corrected chi connectivity index (χ2v) is 11.3. The maximum atomic E-state index is 13.4. The van der Waals surface area contributed by atoms with Gasteiger partial charge in [0.2, 0.25) is 21.8 Å². The molecule has 0 aromatic heterocycles. The molecular formula is C24H31Cl2N3O4S. The fourth-order valence-corrected chi connectivity index (χ4v) is 4.67. The summed E-state index contributed by atoms with van der Waals surface area (Å²) in [5.74, 6) is -0.561. The molecule has 1 atom stereocenters. The number of sulfonamides is 1. The van der Waals surface area contributed by atoms with E-state index in [2.05, 4.69) is 5.32 Å². The van der Waals surface area contributed by atoms with E-state index < -0.39 is 28.5 Å². The van der Waals surface area contributed by atoms with E-state index in [1.54, 1.807) is 6.92 Å². The molecule has 0 unspecified atom stereocenters. The summed E-state index contributed by atoms with van der Waals surface area (Å²) >= 11 is 12.1. The second-order valence-electron chi connectivity index (χ2n) is 8.53. The molecule has 0 radical (unpaired) electrons. The van der Waals surface area contributed by atoms with E-state index in [9.17, 15) is 18.0 Å². The van der Waals surface area contributed by atoms with Crippen molar-refractivity contribution >= 4 is 50.7 Å². The van der Waals surface area contributed by atoms with Crippen LogP contribution in [0.4, 0.5) is 5.69 Å². The summed E-state index contributed by atoms with van der Waals surface area (Å²) < 4.78 is 26.1. The lowest BCUT2D eigenvalue weighted by Crippen LogP contribution is -2.52. The summed E-state index contributed by atoms with van der Waals surface area (Å²) in [6, 6.07) is 13.1. The van der Waals surface area contributed by atoms with Crippen LogP contribution in [-0.2, 0) is 26.0 Å². The summed E-state index contributed by atoms with van der Waals surface area (Å²) in [6.07, 6.45) is 1.51. The highest BCUT2D eigenvalue weighted by Crippen LogP contribution is 2.27. The molecule has 2 amide bonds. The van der Waals surface area contributed by atoms with E-state index in [0.717, 1.165) is 16.1 Å². The van der Waals surface area contributed by atoms with E-state index in [1.807, 2.05) is 44.2 Å². The molecule has 34 heavy (non-hydrogen) atoms. The number of nitrogens with one attached hydrogen (secondary N) is 1. The number of carbonyl (C=O) groups excluding carboxylic acids is 2. The Labute approximate surface area is 212 Å². The summed E-state index contributed by atoms with van der Waals surface area (Å²) in [6.45, 7) is 5.81. The van der Waals surface area contributed by atoms with Gasteiger partial charge in [0.15, 0.2) is 0 Å². The lowest BCUT2D eigenvalue weighted by atomic mass is 10.1. The molecule has 186 valence electrons. The van der Waals surface area contributed by atoms with Crippen LogP contribution < -0.4 is 9.62 Å². The largest absolute Gasteiger partial charge is 0.354 e. The maximum absolute atomic E-state index is 13.4. The van der Waals surface area contributed by atoms with Crippen molar-refractivity contribution in [2.24, 2.45) is 5.92 Å². The number of benzene rings is 2. The van der Waals surface area contributed by atoms with Gasteiger partial charge in [-0.2, -0.15) is 0 Å². The highest BCUT2D eigenvalue weighted by Gasteiger charge is 2.30. The zero-order chi connectivity index (χ0) is 25.5. The molecule has 0 fully saturated rings. The normalized spacial score (nSPS) is 12.3. The molecule has 2 aromatic carbocycles. The standard InChI is InChI=1S/C24H31Cl2N3O4S/c1-17(2)15-27-24(31)18(3)28(11-10-19-8-6-5-7-9-19)23(30)16-29(34(4,32)33)22-13-20(25)12-21(26)14-22/h5-9,12-14,17-18H,10-11,15-16H2,1-4H3,(H,27,31)/t18-/m0/s1. The van der Waals surface area contributed by atoms with E-state index in [0.29, 0.717) is 13.0 Å². The summed E-state index contributed by atoms with van der Waals surface area (Å²) in [4.78, 5) is 27.6. The minimum absolute atomic E-state index is 0.174. The van der Waals surface area contributed by atoms with E-state index >= 15 is 0 Å². The van der Waals surface area contributed by atoms with Crippen LogP contribution in [0, 0.1) is 5.92 Å². The van der Waals surface area contributed by atoms with E-state index in [4.69, 9.17) is 23.2 Å². The van der Waals surface area contributed by atoms with Gasteiger partial charge in [-0.05, 0) is 43.0 Å². The van der Waals surface area contributed by atoms with Crippen molar-refractivity contribution in [3.05, 3.63) is 64.1 Å². The lowest BCUT2D eigenvalue weighted by molar-refractivity contribution is -0.138. The first-order valence-corrected chi connectivity index (χ1v) is 13.5. The third-order valence-electron chi connectivity index (χ3n) is 5.15. The van der Waals surface area contributed by atoms with Crippen molar-refractivity contribution < 1.29 is 18.0 Å². The topological polar surface area (TPSA) is 86.8 Å². The Bertz CT molecular complexity index is 1070. The van der Waals surface area contributed by atoms with Crippen molar-refractivity contribution in [1.82, 2.24) is 10.2 Å². The van der Waals surface area contributed by atoms with Crippen LogP contribution in [0.3, 0.4) is 0 Å². The average Bonchev–Trinajstić information content (AvgIpc) is 2.74. The van der Waals surface area contributed by atoms with Gasteiger partial charge < -0.3 is 10.2 Å². The fraction of sp³-hybridized carbons (Fsp3) is 0.417. The van der Waals surface area contributed by atoms with Crippen LogP contribution in [0.5, 0.6) is 0 Å². The van der Waals surface area contributed by atoms with E-state index in [-0.39, 0.29) is 34.1 Å². The third kappa shape index (κ3) is 8.49. The van der Waals surface area contributed by atoms with Crippen LogP contribution in [0.15, 0.2) is 48.5 Å². The van der Waals surface area contributed by atoms with Crippen LogP contribution in [0.2, 0.25) is 10.0 Å². The number of carbonyl (C=O) groups is 2. The minimum Gasteiger partial charge on any atom is -0.354 e. The average molecular weight is 529 g/mol. The molecule has 0 aliphatic carbocycles. The van der Waals surface area contributed by atoms with Gasteiger partial charge >= 0.3 is 0 Å². The van der Waals surface area contributed by atoms with Gasteiger partial charge in [0.25, 0.3) is 0 Å². The summed E-state index contributed by atoms with van der Waals surface area (Å²) in [5, 5.41) is 3.33. The van der Waals surface area contributed by atoms with Gasteiger partial charge in [0.1, 0.15) is 12.6 Å². The SMILES string of the molecule is CC(C)CNC(=O)[C@H](C)N(CCc1ccccc1)C(=O)CN(c1cc(Cl)cc(Cl)c1)S(C)(=O)=O. The van der Waals surface area contributed by atoms with Crippen molar-refractivity contribution in [3.63, 3.8) is 0 Å². The quantitative estimate of drug-likeness (QED) is 0.478.